The third-order valence-corrected chi connectivity index (χ3v) is 2.28. The number of halogens is 3. The van der Waals surface area contributed by atoms with Gasteiger partial charge in [-0.2, -0.15) is 0 Å². The fourth-order valence-corrected chi connectivity index (χ4v) is 1.50. The molecule has 0 amide bonds. The minimum Gasteiger partial charge on any atom is -0.397 e. The lowest BCUT2D eigenvalue weighted by Crippen LogP contribution is -2.05. The molecule has 0 fully saturated rings. The summed E-state index contributed by atoms with van der Waals surface area (Å²) in [4.78, 5) is 3.68. The number of aliphatic hydroxyl groups excluding tert-OH is 1. The van der Waals surface area contributed by atoms with Crippen molar-refractivity contribution >= 4 is 21.6 Å². The fraction of sp³-hybridized carbons (Fsp3) is 0.375. The van der Waals surface area contributed by atoms with Gasteiger partial charge >= 0.3 is 0 Å². The van der Waals surface area contributed by atoms with Gasteiger partial charge in [-0.1, -0.05) is 15.9 Å². The van der Waals surface area contributed by atoms with Crippen LogP contribution in [0.4, 0.5) is 14.5 Å². The minimum atomic E-state index is -2.70. The molecule has 6 heteroatoms. The van der Waals surface area contributed by atoms with Crippen LogP contribution >= 0.6 is 15.9 Å². The van der Waals surface area contributed by atoms with E-state index >= 15 is 0 Å². The van der Waals surface area contributed by atoms with Crippen molar-refractivity contribution in [3.05, 3.63) is 23.0 Å². The van der Waals surface area contributed by atoms with E-state index in [-0.39, 0.29) is 5.56 Å². The number of anilines is 1. The van der Waals surface area contributed by atoms with E-state index in [1.807, 2.05) is 0 Å². The number of pyridine rings is 1. The van der Waals surface area contributed by atoms with E-state index in [2.05, 4.69) is 20.9 Å². The number of hydrogen-bond acceptors (Lipinski definition) is 3. The smallest absolute Gasteiger partial charge is 0.280 e. The molecule has 0 aromatic carbocycles. The van der Waals surface area contributed by atoms with Gasteiger partial charge in [-0.3, -0.25) is 0 Å². The highest BCUT2D eigenvalue weighted by Crippen LogP contribution is 2.25. The number of nitrogens with two attached hydrogens (primary N) is 1. The zero-order valence-corrected chi connectivity index (χ0v) is 8.76. The van der Waals surface area contributed by atoms with Crippen LogP contribution in [0.2, 0.25) is 0 Å². The van der Waals surface area contributed by atoms with E-state index in [1.165, 1.54) is 6.07 Å². The van der Waals surface area contributed by atoms with Gasteiger partial charge < -0.3 is 10.8 Å². The van der Waals surface area contributed by atoms with E-state index in [9.17, 15) is 8.78 Å². The van der Waals surface area contributed by atoms with Crippen LogP contribution in [0.1, 0.15) is 23.4 Å². The van der Waals surface area contributed by atoms with Gasteiger partial charge in [0.15, 0.2) is 0 Å². The largest absolute Gasteiger partial charge is 0.397 e. The van der Waals surface area contributed by atoms with Crippen molar-refractivity contribution in [2.75, 3.05) is 5.73 Å². The average Bonchev–Trinajstić information content (AvgIpc) is 2.16. The third-order valence-electron chi connectivity index (χ3n) is 1.75. The fourth-order valence-electron chi connectivity index (χ4n) is 1.05. The maximum absolute atomic E-state index is 12.4. The summed E-state index contributed by atoms with van der Waals surface area (Å²) in [6, 6.07) is 1.32. The summed E-state index contributed by atoms with van der Waals surface area (Å²) in [5.41, 5.74) is 5.85. The maximum Gasteiger partial charge on any atom is 0.280 e. The first-order chi connectivity index (χ1) is 6.60. The number of aliphatic hydroxyl groups is 1. The van der Waals surface area contributed by atoms with Gasteiger partial charge in [0, 0.05) is 10.9 Å². The summed E-state index contributed by atoms with van der Waals surface area (Å²) >= 11 is 3.09. The van der Waals surface area contributed by atoms with Crippen molar-refractivity contribution < 1.29 is 13.9 Å². The molecule has 3 nitrogen and oxygen atoms in total. The molecule has 0 unspecified atom stereocenters. The second kappa shape index (κ2) is 4.65. The van der Waals surface area contributed by atoms with E-state index < -0.39 is 18.7 Å². The van der Waals surface area contributed by atoms with Gasteiger partial charge in [0.1, 0.15) is 5.69 Å². The summed E-state index contributed by atoms with van der Waals surface area (Å²) in [6.45, 7) is -0.487. The summed E-state index contributed by atoms with van der Waals surface area (Å²) in [6.07, 6.45) is -2.70. The molecule has 0 bridgehead atoms. The SMILES string of the molecule is Nc1cc(CO)c(C(F)F)nc1CBr. The molecule has 0 aliphatic carbocycles. The molecular weight excluding hydrogens is 258 g/mol. The Morgan fingerprint density at radius 3 is 2.64 bits per heavy atom. The first-order valence-corrected chi connectivity index (χ1v) is 4.95. The van der Waals surface area contributed by atoms with Crippen LogP contribution in [-0.4, -0.2) is 10.1 Å². The molecule has 0 radical (unpaired) electrons. The molecule has 1 heterocycles. The Balaban J connectivity index is 3.25. The zero-order valence-electron chi connectivity index (χ0n) is 7.17. The lowest BCUT2D eigenvalue weighted by molar-refractivity contribution is 0.141. The van der Waals surface area contributed by atoms with Crippen molar-refractivity contribution in [2.45, 2.75) is 18.4 Å². The van der Waals surface area contributed by atoms with Gasteiger partial charge in [0.25, 0.3) is 6.43 Å². The first-order valence-electron chi connectivity index (χ1n) is 3.83. The Hall–Kier alpha value is -0.750. The predicted octanol–water partition coefficient (Wildman–Crippen LogP) is 1.99. The van der Waals surface area contributed by atoms with Gasteiger partial charge in [-0.25, -0.2) is 13.8 Å². The van der Waals surface area contributed by atoms with Crippen LogP contribution in [0.25, 0.3) is 0 Å². The molecule has 1 aromatic rings. The Bertz CT molecular complexity index is 333. The van der Waals surface area contributed by atoms with E-state index in [0.29, 0.717) is 16.7 Å². The maximum atomic E-state index is 12.4. The lowest BCUT2D eigenvalue weighted by Gasteiger charge is -2.09. The van der Waals surface area contributed by atoms with Gasteiger partial charge in [-0.15, -0.1) is 0 Å². The molecule has 1 aromatic heterocycles. The van der Waals surface area contributed by atoms with Crippen LogP contribution in [-0.2, 0) is 11.9 Å². The molecule has 3 N–H and O–H groups in total. The Morgan fingerprint density at radius 1 is 1.57 bits per heavy atom. The summed E-state index contributed by atoms with van der Waals surface area (Å²) in [7, 11) is 0. The Kier molecular flexibility index (Phi) is 3.77. The van der Waals surface area contributed by atoms with Crippen molar-refractivity contribution in [3.63, 3.8) is 0 Å². The van der Waals surface area contributed by atoms with Crippen molar-refractivity contribution in [2.24, 2.45) is 0 Å². The van der Waals surface area contributed by atoms with Crippen LogP contribution in [0.15, 0.2) is 6.07 Å². The second-order valence-electron chi connectivity index (χ2n) is 2.66. The predicted molar refractivity (Wildman–Crippen MR) is 52.2 cm³/mol. The van der Waals surface area contributed by atoms with E-state index in [1.54, 1.807) is 0 Å². The Labute approximate surface area is 88.1 Å². The molecule has 0 atom stereocenters. The van der Waals surface area contributed by atoms with Gasteiger partial charge in [0.2, 0.25) is 0 Å². The summed E-state index contributed by atoms with van der Waals surface area (Å²) < 4.78 is 24.9. The Morgan fingerprint density at radius 2 is 2.21 bits per heavy atom. The van der Waals surface area contributed by atoms with Gasteiger partial charge in [-0.05, 0) is 6.07 Å². The number of hydrogen-bond donors (Lipinski definition) is 2. The second-order valence-corrected chi connectivity index (χ2v) is 3.22. The standard InChI is InChI=1S/C8H9BrF2N2O/c9-2-6-5(12)1-4(3-14)7(13-6)8(10)11/h1,8,14H,2-3,12H2. The average molecular weight is 267 g/mol. The summed E-state index contributed by atoms with van der Waals surface area (Å²) in [5.74, 6) is 0. The zero-order chi connectivity index (χ0) is 10.7. The molecule has 0 saturated heterocycles. The topological polar surface area (TPSA) is 59.1 Å². The van der Waals surface area contributed by atoms with Crippen LogP contribution in [0, 0.1) is 0 Å². The molecule has 0 saturated carbocycles. The number of rotatable bonds is 3. The molecule has 0 aliphatic heterocycles. The molecule has 78 valence electrons. The van der Waals surface area contributed by atoms with Crippen LogP contribution < -0.4 is 5.73 Å². The highest BCUT2D eigenvalue weighted by molar-refractivity contribution is 9.08. The minimum absolute atomic E-state index is 0.0715. The molecule has 0 aliphatic rings. The van der Waals surface area contributed by atoms with E-state index in [4.69, 9.17) is 10.8 Å². The first kappa shape index (κ1) is 11.3. The molecule has 14 heavy (non-hydrogen) atoms. The van der Waals surface area contributed by atoms with Crippen molar-refractivity contribution in [1.82, 2.24) is 4.98 Å². The highest BCUT2D eigenvalue weighted by atomic mass is 79.9. The number of nitrogen functional groups attached to an aromatic ring is 1. The van der Waals surface area contributed by atoms with Crippen molar-refractivity contribution in [3.8, 4) is 0 Å². The quantitative estimate of drug-likeness (QED) is 0.823. The van der Waals surface area contributed by atoms with Crippen LogP contribution in [0.3, 0.4) is 0 Å². The number of aromatic nitrogens is 1. The lowest BCUT2D eigenvalue weighted by atomic mass is 10.1. The normalized spacial score (nSPS) is 10.9. The monoisotopic (exact) mass is 266 g/mol. The number of alkyl halides is 3. The van der Waals surface area contributed by atoms with Gasteiger partial charge in [0.05, 0.1) is 18.0 Å². The third kappa shape index (κ3) is 2.19. The summed E-state index contributed by atoms with van der Waals surface area (Å²) in [5, 5.41) is 9.12. The molecule has 0 spiro atoms. The molecule has 1 rings (SSSR count). The highest BCUT2D eigenvalue weighted by Gasteiger charge is 2.16. The van der Waals surface area contributed by atoms with Crippen LogP contribution in [0.5, 0.6) is 0 Å². The van der Waals surface area contributed by atoms with Crippen molar-refractivity contribution in [1.29, 1.82) is 0 Å². The van der Waals surface area contributed by atoms with E-state index in [0.717, 1.165) is 0 Å². The number of nitrogens with zero attached hydrogens (tertiary/aromatic N) is 1. The molecular formula is C8H9BrF2N2O.